The zero-order valence-electron chi connectivity index (χ0n) is 10.5. The number of hydrogen-bond acceptors (Lipinski definition) is 5. The molecule has 1 atom stereocenters. The molecule has 0 amide bonds. The maximum Gasteiger partial charge on any atom is 0.295 e. The first-order chi connectivity index (χ1) is 9.54. The van der Waals surface area contributed by atoms with Gasteiger partial charge >= 0.3 is 0 Å². The summed E-state index contributed by atoms with van der Waals surface area (Å²) in [4.78, 5) is 14.2. The van der Waals surface area contributed by atoms with Crippen molar-refractivity contribution in [3.8, 4) is 0 Å². The van der Waals surface area contributed by atoms with Crippen molar-refractivity contribution in [2.75, 3.05) is 5.32 Å². The van der Waals surface area contributed by atoms with E-state index >= 15 is 0 Å². The van der Waals surface area contributed by atoms with Gasteiger partial charge < -0.3 is 5.32 Å². The van der Waals surface area contributed by atoms with Gasteiger partial charge in [-0.1, -0.05) is 6.92 Å². The number of aromatic nitrogens is 1. The van der Waals surface area contributed by atoms with Crippen LogP contribution in [0.2, 0.25) is 0 Å². The predicted octanol–water partition coefficient (Wildman–Crippen LogP) is 3.89. The number of nitro groups is 1. The molecule has 1 aromatic heterocycles. The van der Waals surface area contributed by atoms with Gasteiger partial charge in [0.25, 0.3) is 5.69 Å². The molecule has 0 aliphatic heterocycles. The molecule has 1 unspecified atom stereocenters. The van der Waals surface area contributed by atoms with Crippen molar-refractivity contribution in [2.24, 2.45) is 0 Å². The fourth-order valence-electron chi connectivity index (χ4n) is 1.75. The molecule has 0 aliphatic rings. The Kier molecular flexibility index (Phi) is 4.23. The van der Waals surface area contributed by atoms with E-state index in [1.54, 1.807) is 11.6 Å². The molecule has 1 N–H and O–H groups in total. The summed E-state index contributed by atoms with van der Waals surface area (Å²) >= 11 is 1.34. The highest BCUT2D eigenvalue weighted by atomic mass is 32.1. The number of anilines is 1. The third-order valence-corrected chi connectivity index (χ3v) is 3.64. The molecule has 0 saturated carbocycles. The van der Waals surface area contributed by atoms with Crippen molar-refractivity contribution >= 4 is 22.7 Å². The standard InChI is InChI=1S/C12H11F2N3O2S/c1-2-8(12-15-5-6-20-12)16-11-9(17(18)19)4-3-7(13)10(11)14/h3-6,8,16H,2H2,1H3. The van der Waals surface area contributed by atoms with Gasteiger partial charge in [-0.25, -0.2) is 13.8 Å². The summed E-state index contributed by atoms with van der Waals surface area (Å²) in [6.45, 7) is 1.82. The Morgan fingerprint density at radius 1 is 1.50 bits per heavy atom. The maximum atomic E-state index is 13.8. The average molecular weight is 299 g/mol. The summed E-state index contributed by atoms with van der Waals surface area (Å²) in [6.07, 6.45) is 2.11. The van der Waals surface area contributed by atoms with E-state index in [-0.39, 0.29) is 0 Å². The lowest BCUT2D eigenvalue weighted by atomic mass is 10.2. The first kappa shape index (κ1) is 14.3. The van der Waals surface area contributed by atoms with Gasteiger partial charge in [0.2, 0.25) is 0 Å². The number of halogens is 2. The smallest absolute Gasteiger partial charge is 0.295 e. The van der Waals surface area contributed by atoms with Gasteiger partial charge in [-0.05, 0) is 12.5 Å². The maximum absolute atomic E-state index is 13.8. The highest BCUT2D eigenvalue weighted by molar-refractivity contribution is 7.09. The van der Waals surface area contributed by atoms with Crippen LogP contribution in [0.4, 0.5) is 20.2 Å². The van der Waals surface area contributed by atoms with Crippen LogP contribution in [0, 0.1) is 21.7 Å². The average Bonchev–Trinajstić information content (AvgIpc) is 2.94. The predicted molar refractivity (Wildman–Crippen MR) is 71.8 cm³/mol. The molecule has 106 valence electrons. The SMILES string of the molecule is CCC(Nc1c([N+](=O)[O-])ccc(F)c1F)c1nccs1. The van der Waals surface area contributed by atoms with Crippen LogP contribution in [-0.4, -0.2) is 9.91 Å². The Bertz CT molecular complexity index is 619. The minimum absolute atomic E-state index is 0.412. The van der Waals surface area contributed by atoms with Crippen molar-refractivity contribution in [1.29, 1.82) is 0 Å². The molecule has 0 bridgehead atoms. The highest BCUT2D eigenvalue weighted by Gasteiger charge is 2.24. The number of rotatable bonds is 5. The van der Waals surface area contributed by atoms with Crippen LogP contribution >= 0.6 is 11.3 Å². The largest absolute Gasteiger partial charge is 0.368 e. The number of benzene rings is 1. The molecule has 0 saturated heterocycles. The van der Waals surface area contributed by atoms with Crippen molar-refractivity contribution in [3.05, 3.63) is 50.5 Å². The van der Waals surface area contributed by atoms with Crippen molar-refractivity contribution < 1.29 is 13.7 Å². The normalized spacial score (nSPS) is 12.2. The summed E-state index contributed by atoms with van der Waals surface area (Å²) in [5, 5.41) is 16.0. The molecule has 1 aromatic carbocycles. The summed E-state index contributed by atoms with van der Waals surface area (Å²) in [5.41, 5.74) is -0.948. The van der Waals surface area contributed by atoms with Gasteiger partial charge in [0.05, 0.1) is 11.0 Å². The van der Waals surface area contributed by atoms with Gasteiger partial charge in [-0.15, -0.1) is 11.3 Å². The van der Waals surface area contributed by atoms with E-state index in [0.717, 1.165) is 12.1 Å². The van der Waals surface area contributed by atoms with E-state index in [2.05, 4.69) is 10.3 Å². The lowest BCUT2D eigenvalue weighted by Gasteiger charge is -2.16. The van der Waals surface area contributed by atoms with E-state index in [1.165, 1.54) is 11.3 Å². The van der Waals surface area contributed by atoms with Crippen LogP contribution in [0.1, 0.15) is 24.4 Å². The molecule has 0 fully saturated rings. The molecular weight excluding hydrogens is 288 g/mol. The van der Waals surface area contributed by atoms with Gasteiger partial charge in [0.15, 0.2) is 17.3 Å². The van der Waals surface area contributed by atoms with Gasteiger partial charge in [0, 0.05) is 17.6 Å². The Labute approximate surface area is 117 Å². The topological polar surface area (TPSA) is 68.1 Å². The third kappa shape index (κ3) is 2.74. The fraction of sp³-hybridized carbons (Fsp3) is 0.250. The molecule has 5 nitrogen and oxygen atoms in total. The number of nitro benzene ring substituents is 1. The first-order valence-electron chi connectivity index (χ1n) is 5.83. The second-order valence-corrected chi connectivity index (χ2v) is 4.91. The molecule has 2 aromatic rings. The van der Waals surface area contributed by atoms with E-state index < -0.39 is 34.0 Å². The zero-order chi connectivity index (χ0) is 14.7. The van der Waals surface area contributed by atoms with Crippen LogP contribution in [-0.2, 0) is 0 Å². The second-order valence-electron chi connectivity index (χ2n) is 3.99. The van der Waals surface area contributed by atoms with Gasteiger partial charge in [-0.2, -0.15) is 0 Å². The van der Waals surface area contributed by atoms with Gasteiger partial charge in [-0.3, -0.25) is 10.1 Å². The monoisotopic (exact) mass is 299 g/mol. The van der Waals surface area contributed by atoms with Crippen molar-refractivity contribution in [2.45, 2.75) is 19.4 Å². The summed E-state index contributed by atoms with van der Waals surface area (Å²) < 4.78 is 27.1. The number of hydrogen-bond donors (Lipinski definition) is 1. The Hall–Kier alpha value is -2.09. The molecule has 1 heterocycles. The molecule has 8 heteroatoms. The number of nitrogens with one attached hydrogen (secondary N) is 1. The first-order valence-corrected chi connectivity index (χ1v) is 6.70. The molecular formula is C12H11F2N3O2S. The van der Waals surface area contributed by atoms with Crippen LogP contribution in [0.5, 0.6) is 0 Å². The lowest BCUT2D eigenvalue weighted by molar-refractivity contribution is -0.384. The van der Waals surface area contributed by atoms with Crippen molar-refractivity contribution in [3.63, 3.8) is 0 Å². The summed E-state index contributed by atoms with van der Waals surface area (Å²) in [5.74, 6) is -2.39. The Morgan fingerprint density at radius 2 is 2.25 bits per heavy atom. The quantitative estimate of drug-likeness (QED) is 0.671. The van der Waals surface area contributed by atoms with E-state index in [9.17, 15) is 18.9 Å². The van der Waals surface area contributed by atoms with Crippen LogP contribution < -0.4 is 5.32 Å². The van der Waals surface area contributed by atoms with E-state index in [4.69, 9.17) is 0 Å². The van der Waals surface area contributed by atoms with Crippen LogP contribution in [0.15, 0.2) is 23.7 Å². The number of thiazole rings is 1. The summed E-state index contributed by atoms with van der Waals surface area (Å²) in [7, 11) is 0. The molecule has 2 rings (SSSR count). The fourth-order valence-corrected chi connectivity index (χ4v) is 2.52. The lowest BCUT2D eigenvalue weighted by Crippen LogP contribution is -2.13. The Morgan fingerprint density at radius 3 is 2.80 bits per heavy atom. The second kappa shape index (κ2) is 5.91. The summed E-state index contributed by atoms with van der Waals surface area (Å²) in [6, 6.07) is 1.27. The third-order valence-electron chi connectivity index (χ3n) is 2.75. The van der Waals surface area contributed by atoms with Crippen LogP contribution in [0.25, 0.3) is 0 Å². The Balaban J connectivity index is 2.41. The molecule has 20 heavy (non-hydrogen) atoms. The number of nitrogens with zero attached hydrogens (tertiary/aromatic N) is 2. The van der Waals surface area contributed by atoms with Gasteiger partial charge in [0.1, 0.15) is 5.01 Å². The van der Waals surface area contributed by atoms with E-state index in [1.807, 2.05) is 6.92 Å². The molecule has 0 aliphatic carbocycles. The molecule has 0 spiro atoms. The molecule has 0 radical (unpaired) electrons. The van der Waals surface area contributed by atoms with Crippen molar-refractivity contribution in [1.82, 2.24) is 4.98 Å². The minimum Gasteiger partial charge on any atom is -0.368 e. The van der Waals surface area contributed by atoms with Crippen LogP contribution in [0.3, 0.4) is 0 Å². The minimum atomic E-state index is -1.26. The zero-order valence-corrected chi connectivity index (χ0v) is 11.3. The van der Waals surface area contributed by atoms with E-state index in [0.29, 0.717) is 11.4 Å². The highest BCUT2D eigenvalue weighted by Crippen LogP contribution is 2.33.